The van der Waals surface area contributed by atoms with Crippen molar-refractivity contribution in [2.24, 2.45) is 0 Å². The summed E-state index contributed by atoms with van der Waals surface area (Å²) in [6, 6.07) is 23.7. The lowest BCUT2D eigenvalue weighted by molar-refractivity contribution is 0.394. The van der Waals surface area contributed by atoms with Crippen molar-refractivity contribution in [1.82, 2.24) is 14.8 Å². The Hall–Kier alpha value is -3.76. The first-order chi connectivity index (χ1) is 15.6. The van der Waals surface area contributed by atoms with Gasteiger partial charge >= 0.3 is 0 Å². The fourth-order valence-electron chi connectivity index (χ4n) is 3.38. The van der Waals surface area contributed by atoms with E-state index in [0.717, 1.165) is 27.5 Å². The normalized spacial score (nSPS) is 10.6. The molecule has 0 radical (unpaired) electrons. The minimum absolute atomic E-state index is 0.606. The molecular formula is C25H22N4O2S. The van der Waals surface area contributed by atoms with Gasteiger partial charge in [-0.1, -0.05) is 42.1 Å². The molecule has 0 aliphatic rings. The summed E-state index contributed by atoms with van der Waals surface area (Å²) in [7, 11) is 3.25. The zero-order chi connectivity index (χ0) is 22.5. The van der Waals surface area contributed by atoms with Crippen molar-refractivity contribution in [2.75, 3.05) is 14.2 Å². The topological polar surface area (TPSA) is 73.0 Å². The van der Waals surface area contributed by atoms with Crippen molar-refractivity contribution >= 4 is 11.8 Å². The monoisotopic (exact) mass is 442 g/mol. The van der Waals surface area contributed by atoms with Gasteiger partial charge in [-0.3, -0.25) is 4.57 Å². The van der Waals surface area contributed by atoms with Crippen LogP contribution in [0.2, 0.25) is 0 Å². The Morgan fingerprint density at radius 1 is 0.938 bits per heavy atom. The predicted octanol–water partition coefficient (Wildman–Crippen LogP) is 5.42. The van der Waals surface area contributed by atoms with Crippen molar-refractivity contribution in [3.63, 3.8) is 0 Å². The molecule has 4 aromatic rings. The summed E-state index contributed by atoms with van der Waals surface area (Å²) in [5.41, 5.74) is 4.56. The van der Waals surface area contributed by atoms with E-state index in [0.29, 0.717) is 28.6 Å². The maximum absolute atomic E-state index is 9.41. The number of rotatable bonds is 7. The van der Waals surface area contributed by atoms with Gasteiger partial charge in [-0.25, -0.2) is 0 Å². The second-order valence-corrected chi connectivity index (χ2v) is 8.08. The number of hydrogen-bond donors (Lipinski definition) is 0. The van der Waals surface area contributed by atoms with Crippen LogP contribution in [0.3, 0.4) is 0 Å². The van der Waals surface area contributed by atoms with Crippen LogP contribution in [-0.4, -0.2) is 29.0 Å². The molecule has 4 rings (SSSR count). The fraction of sp³-hybridized carbons (Fsp3) is 0.160. The maximum Gasteiger partial charge on any atom is 0.196 e. The Labute approximate surface area is 191 Å². The molecule has 0 amide bonds. The molecule has 0 saturated carbocycles. The van der Waals surface area contributed by atoms with E-state index in [9.17, 15) is 5.26 Å². The third-order valence-corrected chi connectivity index (χ3v) is 5.98. The average molecular weight is 443 g/mol. The van der Waals surface area contributed by atoms with Gasteiger partial charge in [0.2, 0.25) is 0 Å². The van der Waals surface area contributed by atoms with Gasteiger partial charge in [-0.15, -0.1) is 10.2 Å². The number of thioether (sulfide) groups is 1. The lowest BCUT2D eigenvalue weighted by Crippen LogP contribution is -2.01. The van der Waals surface area contributed by atoms with E-state index in [4.69, 9.17) is 9.47 Å². The number of aromatic nitrogens is 3. The summed E-state index contributed by atoms with van der Waals surface area (Å²) in [6.07, 6.45) is 0. The van der Waals surface area contributed by atoms with Crippen LogP contribution in [0.1, 0.15) is 16.7 Å². The lowest BCUT2D eigenvalue weighted by Gasteiger charge is -2.13. The molecule has 0 N–H and O–H groups in total. The van der Waals surface area contributed by atoms with Crippen LogP contribution in [0.4, 0.5) is 0 Å². The molecule has 0 unspecified atom stereocenters. The first kappa shape index (κ1) is 21.5. The summed E-state index contributed by atoms with van der Waals surface area (Å²) in [6.45, 7) is 2.05. The van der Waals surface area contributed by atoms with Crippen LogP contribution in [0.25, 0.3) is 17.1 Å². The molecule has 0 saturated heterocycles. The van der Waals surface area contributed by atoms with Crippen LogP contribution in [0.5, 0.6) is 11.5 Å². The zero-order valence-corrected chi connectivity index (χ0v) is 18.9. The SMILES string of the molecule is COc1cc(OC)cc(-c2nnc(SCc3ccccc3C#N)n2-c2cccc(C)c2)c1. The Morgan fingerprint density at radius 2 is 1.69 bits per heavy atom. The largest absolute Gasteiger partial charge is 0.497 e. The molecule has 0 spiro atoms. The first-order valence-electron chi connectivity index (χ1n) is 9.99. The highest BCUT2D eigenvalue weighted by atomic mass is 32.2. The van der Waals surface area contributed by atoms with Crippen LogP contribution < -0.4 is 9.47 Å². The number of benzene rings is 3. The molecule has 0 aliphatic heterocycles. The molecule has 160 valence electrons. The third-order valence-electron chi connectivity index (χ3n) is 5.00. The molecule has 0 atom stereocenters. The van der Waals surface area contributed by atoms with Crippen LogP contribution in [0, 0.1) is 18.3 Å². The molecule has 32 heavy (non-hydrogen) atoms. The average Bonchev–Trinajstić information content (AvgIpc) is 3.26. The van der Waals surface area contributed by atoms with Gasteiger partial charge in [0.15, 0.2) is 11.0 Å². The molecular weight excluding hydrogens is 420 g/mol. The van der Waals surface area contributed by atoms with E-state index in [1.165, 1.54) is 0 Å². The van der Waals surface area contributed by atoms with Crippen molar-refractivity contribution in [3.8, 4) is 34.6 Å². The second kappa shape index (κ2) is 9.58. The minimum Gasteiger partial charge on any atom is -0.497 e. The molecule has 0 aliphatic carbocycles. The van der Waals surface area contributed by atoms with E-state index in [1.54, 1.807) is 26.0 Å². The van der Waals surface area contributed by atoms with E-state index in [1.807, 2.05) is 59.2 Å². The number of aryl methyl sites for hydroxylation is 1. The summed E-state index contributed by atoms with van der Waals surface area (Å²) < 4.78 is 12.9. The van der Waals surface area contributed by atoms with Crippen molar-refractivity contribution in [3.05, 3.63) is 83.4 Å². The molecule has 0 bridgehead atoms. The molecule has 1 heterocycles. The standard InChI is InChI=1S/C25H22N4O2S/c1-17-7-6-10-21(11-17)29-24(20-12-22(30-2)14-23(13-20)31-3)27-28-25(29)32-16-19-9-5-4-8-18(19)15-26/h4-14H,16H2,1-3H3. The Kier molecular flexibility index (Phi) is 6.43. The van der Waals surface area contributed by atoms with E-state index >= 15 is 0 Å². The predicted molar refractivity (Wildman–Crippen MR) is 125 cm³/mol. The van der Waals surface area contributed by atoms with E-state index in [-0.39, 0.29) is 0 Å². The van der Waals surface area contributed by atoms with Gasteiger partial charge in [0.25, 0.3) is 0 Å². The number of nitriles is 1. The summed E-state index contributed by atoms with van der Waals surface area (Å²) in [5.74, 6) is 2.64. The smallest absolute Gasteiger partial charge is 0.196 e. The van der Waals surface area contributed by atoms with Gasteiger partial charge in [-0.2, -0.15) is 5.26 Å². The van der Waals surface area contributed by atoms with Gasteiger partial charge in [0.1, 0.15) is 11.5 Å². The first-order valence-corrected chi connectivity index (χ1v) is 11.0. The zero-order valence-electron chi connectivity index (χ0n) is 18.1. The molecule has 6 nitrogen and oxygen atoms in total. The van der Waals surface area contributed by atoms with Crippen LogP contribution in [0.15, 0.2) is 71.9 Å². The van der Waals surface area contributed by atoms with Crippen LogP contribution >= 0.6 is 11.8 Å². The summed E-state index contributed by atoms with van der Waals surface area (Å²) >= 11 is 1.54. The second-order valence-electron chi connectivity index (χ2n) is 7.14. The van der Waals surface area contributed by atoms with Crippen molar-refractivity contribution in [2.45, 2.75) is 17.8 Å². The van der Waals surface area contributed by atoms with E-state index in [2.05, 4.69) is 35.3 Å². The highest BCUT2D eigenvalue weighted by Gasteiger charge is 2.18. The number of nitrogens with zero attached hydrogens (tertiary/aromatic N) is 4. The quantitative estimate of drug-likeness (QED) is 0.356. The Balaban J connectivity index is 1.80. The summed E-state index contributed by atoms with van der Waals surface area (Å²) in [5, 5.41) is 19.2. The van der Waals surface area contributed by atoms with Gasteiger partial charge in [-0.05, 0) is 48.4 Å². The molecule has 1 aromatic heterocycles. The molecule has 7 heteroatoms. The van der Waals surface area contributed by atoms with Crippen LogP contribution in [-0.2, 0) is 5.75 Å². The van der Waals surface area contributed by atoms with E-state index < -0.39 is 0 Å². The molecule has 3 aromatic carbocycles. The number of methoxy groups -OCH3 is 2. The summed E-state index contributed by atoms with van der Waals surface area (Å²) in [4.78, 5) is 0. The van der Waals surface area contributed by atoms with Crippen molar-refractivity contribution in [1.29, 1.82) is 5.26 Å². The fourth-order valence-corrected chi connectivity index (χ4v) is 4.34. The molecule has 0 fully saturated rings. The third kappa shape index (κ3) is 4.46. The maximum atomic E-state index is 9.41. The van der Waals surface area contributed by atoms with Gasteiger partial charge in [0.05, 0.1) is 25.9 Å². The van der Waals surface area contributed by atoms with Gasteiger partial charge in [0, 0.05) is 23.1 Å². The number of hydrogen-bond acceptors (Lipinski definition) is 6. The Morgan fingerprint density at radius 3 is 2.38 bits per heavy atom. The number of ether oxygens (including phenoxy) is 2. The lowest BCUT2D eigenvalue weighted by atomic mass is 10.1. The van der Waals surface area contributed by atoms with Gasteiger partial charge < -0.3 is 9.47 Å². The minimum atomic E-state index is 0.606. The highest BCUT2D eigenvalue weighted by molar-refractivity contribution is 7.98. The van der Waals surface area contributed by atoms with Crippen molar-refractivity contribution < 1.29 is 9.47 Å². The highest BCUT2D eigenvalue weighted by Crippen LogP contribution is 2.34. The Bertz CT molecular complexity index is 1270.